The number of nitriles is 1. The summed E-state index contributed by atoms with van der Waals surface area (Å²) < 4.78 is 0. The summed E-state index contributed by atoms with van der Waals surface area (Å²) in [5, 5.41) is 30.8. The Kier molecular flexibility index (Phi) is 7.72. The van der Waals surface area contributed by atoms with Gasteiger partial charge in [0.2, 0.25) is 0 Å². The summed E-state index contributed by atoms with van der Waals surface area (Å²) in [7, 11) is 0. The fraction of sp³-hybridized carbons (Fsp3) is 0.579. The first-order chi connectivity index (χ1) is 13.4. The maximum absolute atomic E-state index is 12.4. The molecule has 2 amide bonds. The molecular formula is C19H27N5O4. The molecule has 1 N–H and O–H groups in total. The molecule has 2 atom stereocenters. The number of carbonyl (C=O) groups is 1. The van der Waals surface area contributed by atoms with Crippen molar-refractivity contribution >= 4 is 11.7 Å². The number of carbonyl (C=O) groups excluding carboxylic acids is 1. The van der Waals surface area contributed by atoms with Crippen molar-refractivity contribution in [3.8, 4) is 6.07 Å². The number of hydrogen-bond acceptors (Lipinski definition) is 6. The molecule has 1 saturated heterocycles. The number of nitro benzene ring substituents is 1. The van der Waals surface area contributed by atoms with Crippen molar-refractivity contribution in [2.75, 3.05) is 45.8 Å². The van der Waals surface area contributed by atoms with Gasteiger partial charge in [0.25, 0.3) is 5.69 Å². The van der Waals surface area contributed by atoms with Gasteiger partial charge in [-0.2, -0.15) is 5.26 Å². The van der Waals surface area contributed by atoms with Crippen LogP contribution in [0.3, 0.4) is 0 Å². The third kappa shape index (κ3) is 5.18. The van der Waals surface area contributed by atoms with Crippen LogP contribution in [-0.4, -0.2) is 76.6 Å². The lowest BCUT2D eigenvalue weighted by Gasteiger charge is -2.38. The van der Waals surface area contributed by atoms with Crippen LogP contribution in [0.2, 0.25) is 0 Å². The van der Waals surface area contributed by atoms with Gasteiger partial charge in [0.15, 0.2) is 0 Å². The van der Waals surface area contributed by atoms with Crippen LogP contribution >= 0.6 is 0 Å². The van der Waals surface area contributed by atoms with Gasteiger partial charge in [-0.3, -0.25) is 15.0 Å². The van der Waals surface area contributed by atoms with Crippen LogP contribution in [0.15, 0.2) is 24.3 Å². The van der Waals surface area contributed by atoms with E-state index in [0.717, 1.165) is 0 Å². The molecule has 1 aliphatic rings. The fourth-order valence-electron chi connectivity index (χ4n) is 3.33. The van der Waals surface area contributed by atoms with Gasteiger partial charge >= 0.3 is 6.03 Å². The van der Waals surface area contributed by atoms with E-state index < -0.39 is 16.9 Å². The predicted octanol–water partition coefficient (Wildman–Crippen LogP) is 1.85. The molecular weight excluding hydrogens is 362 g/mol. The minimum Gasteiger partial charge on any atom is -0.387 e. The topological polar surface area (TPSA) is 114 Å². The van der Waals surface area contributed by atoms with Crippen molar-refractivity contribution in [2.45, 2.75) is 20.0 Å². The number of aliphatic hydroxyl groups is 1. The molecule has 152 valence electrons. The molecule has 9 heteroatoms. The van der Waals surface area contributed by atoms with Gasteiger partial charge in [0, 0.05) is 57.9 Å². The van der Waals surface area contributed by atoms with Crippen molar-refractivity contribution in [1.82, 2.24) is 14.7 Å². The predicted molar refractivity (Wildman–Crippen MR) is 103 cm³/mol. The molecule has 0 unspecified atom stereocenters. The molecule has 0 aliphatic carbocycles. The van der Waals surface area contributed by atoms with Gasteiger partial charge in [-0.15, -0.1) is 0 Å². The first-order valence-electron chi connectivity index (χ1n) is 9.49. The van der Waals surface area contributed by atoms with Gasteiger partial charge in [-0.1, -0.05) is 0 Å². The van der Waals surface area contributed by atoms with Crippen LogP contribution in [0.4, 0.5) is 10.5 Å². The average molecular weight is 389 g/mol. The molecule has 0 saturated carbocycles. The van der Waals surface area contributed by atoms with Crippen molar-refractivity contribution < 1.29 is 14.8 Å². The van der Waals surface area contributed by atoms with E-state index in [9.17, 15) is 25.3 Å². The highest BCUT2D eigenvalue weighted by atomic mass is 16.6. The zero-order valence-electron chi connectivity index (χ0n) is 16.3. The standard InChI is InChI=1S/C19H27N5O4/c1-3-22(4-2)19(26)23-11-9-21(10-12-23)14-16(13-20)18(25)15-5-7-17(8-6-15)24(27)28/h5-8,16,18,25H,3-4,9-12,14H2,1-2H3/t16-,18-/m0/s1. The number of amides is 2. The van der Waals surface area contributed by atoms with Gasteiger partial charge in [0.1, 0.15) is 0 Å². The molecule has 0 aromatic heterocycles. The number of aliphatic hydroxyl groups excluding tert-OH is 1. The highest BCUT2D eigenvalue weighted by molar-refractivity contribution is 5.74. The third-order valence-electron chi connectivity index (χ3n) is 5.12. The molecule has 1 heterocycles. The fourth-order valence-corrected chi connectivity index (χ4v) is 3.33. The molecule has 1 aliphatic heterocycles. The van der Waals surface area contributed by atoms with Crippen molar-refractivity contribution in [3.05, 3.63) is 39.9 Å². The molecule has 0 bridgehead atoms. The smallest absolute Gasteiger partial charge is 0.320 e. The second-order valence-electron chi connectivity index (χ2n) is 6.77. The number of nitrogens with zero attached hydrogens (tertiary/aromatic N) is 5. The zero-order valence-corrected chi connectivity index (χ0v) is 16.3. The molecule has 0 radical (unpaired) electrons. The normalized spacial score (nSPS) is 16.9. The average Bonchev–Trinajstić information content (AvgIpc) is 2.72. The molecule has 1 aromatic rings. The highest BCUT2D eigenvalue weighted by Gasteiger charge is 2.28. The Morgan fingerprint density at radius 2 is 1.82 bits per heavy atom. The Bertz CT molecular complexity index is 706. The Morgan fingerprint density at radius 1 is 1.25 bits per heavy atom. The van der Waals surface area contributed by atoms with Crippen LogP contribution in [0.1, 0.15) is 25.5 Å². The first-order valence-corrected chi connectivity index (χ1v) is 9.49. The maximum Gasteiger partial charge on any atom is 0.320 e. The Hall–Kier alpha value is -2.70. The van der Waals surface area contributed by atoms with E-state index in [2.05, 4.69) is 11.0 Å². The minimum atomic E-state index is -1.03. The number of urea groups is 1. The molecule has 2 rings (SSSR count). The monoisotopic (exact) mass is 389 g/mol. The summed E-state index contributed by atoms with van der Waals surface area (Å²) in [4.78, 5) is 28.3. The van der Waals surface area contributed by atoms with E-state index in [0.29, 0.717) is 51.4 Å². The molecule has 1 fully saturated rings. The van der Waals surface area contributed by atoms with Gasteiger partial charge in [-0.05, 0) is 31.5 Å². The van der Waals surface area contributed by atoms with Gasteiger partial charge < -0.3 is 14.9 Å². The Morgan fingerprint density at radius 3 is 2.29 bits per heavy atom. The van der Waals surface area contributed by atoms with Crippen molar-refractivity contribution in [2.24, 2.45) is 5.92 Å². The Balaban J connectivity index is 1.92. The van der Waals surface area contributed by atoms with Crippen molar-refractivity contribution in [3.63, 3.8) is 0 Å². The van der Waals surface area contributed by atoms with Gasteiger partial charge in [0.05, 0.1) is 23.0 Å². The first kappa shape index (κ1) is 21.6. The van der Waals surface area contributed by atoms with Crippen molar-refractivity contribution in [1.29, 1.82) is 5.26 Å². The molecule has 0 spiro atoms. The highest BCUT2D eigenvalue weighted by Crippen LogP contribution is 2.25. The summed E-state index contributed by atoms with van der Waals surface area (Å²) in [5.74, 6) is -0.661. The van der Waals surface area contributed by atoms with E-state index in [4.69, 9.17) is 0 Å². The molecule has 9 nitrogen and oxygen atoms in total. The largest absolute Gasteiger partial charge is 0.387 e. The van der Waals surface area contributed by atoms with E-state index in [1.807, 2.05) is 18.7 Å². The number of benzene rings is 1. The van der Waals surface area contributed by atoms with Crippen LogP contribution < -0.4 is 0 Å². The number of piperazine rings is 1. The minimum absolute atomic E-state index is 0.0346. The number of nitro groups is 1. The lowest BCUT2D eigenvalue weighted by atomic mass is 9.96. The van der Waals surface area contributed by atoms with Crippen LogP contribution in [0.5, 0.6) is 0 Å². The number of non-ortho nitro benzene ring substituents is 1. The SMILES string of the molecule is CCN(CC)C(=O)N1CCN(C[C@H](C#N)[C@@H](O)c2ccc([N+](=O)[O-])cc2)CC1. The lowest BCUT2D eigenvalue weighted by molar-refractivity contribution is -0.384. The summed E-state index contributed by atoms with van der Waals surface area (Å²) in [6, 6.07) is 7.78. The van der Waals surface area contributed by atoms with Crippen LogP contribution in [0, 0.1) is 27.4 Å². The van der Waals surface area contributed by atoms with E-state index in [1.165, 1.54) is 24.3 Å². The zero-order chi connectivity index (χ0) is 20.7. The number of hydrogen-bond donors (Lipinski definition) is 1. The van der Waals surface area contributed by atoms with Crippen LogP contribution in [-0.2, 0) is 0 Å². The quantitative estimate of drug-likeness (QED) is 0.562. The maximum atomic E-state index is 12.4. The van der Waals surface area contributed by atoms with Crippen LogP contribution in [0.25, 0.3) is 0 Å². The summed E-state index contributed by atoms with van der Waals surface area (Å²) in [6.07, 6.45) is -1.03. The second kappa shape index (κ2) is 10.0. The summed E-state index contributed by atoms with van der Waals surface area (Å²) >= 11 is 0. The van der Waals surface area contributed by atoms with E-state index in [-0.39, 0.29) is 11.7 Å². The van der Waals surface area contributed by atoms with E-state index in [1.54, 1.807) is 4.90 Å². The summed E-state index contributed by atoms with van der Waals surface area (Å²) in [6.45, 7) is 8.07. The van der Waals surface area contributed by atoms with E-state index >= 15 is 0 Å². The summed E-state index contributed by atoms with van der Waals surface area (Å²) in [5.41, 5.74) is 0.422. The Labute approximate surface area is 164 Å². The molecule has 28 heavy (non-hydrogen) atoms. The van der Waals surface area contributed by atoms with Gasteiger partial charge in [-0.25, -0.2) is 4.79 Å². The lowest BCUT2D eigenvalue weighted by Crippen LogP contribution is -2.53. The molecule has 1 aromatic carbocycles. The second-order valence-corrected chi connectivity index (χ2v) is 6.77. The third-order valence-corrected chi connectivity index (χ3v) is 5.12. The number of rotatable bonds is 7.